The van der Waals surface area contributed by atoms with Crippen LogP contribution in [-0.4, -0.2) is 24.7 Å². The molecule has 0 saturated carbocycles. The number of rotatable bonds is 4. The largest absolute Gasteiger partial charge is 0.663 e. The van der Waals surface area contributed by atoms with Crippen molar-refractivity contribution in [3.63, 3.8) is 0 Å². The van der Waals surface area contributed by atoms with Gasteiger partial charge in [0, 0.05) is 19.5 Å². The van der Waals surface area contributed by atoms with Gasteiger partial charge in [-0.25, -0.2) is 0 Å². The minimum atomic E-state index is 0. The fourth-order valence-corrected chi connectivity index (χ4v) is 1.31. The van der Waals surface area contributed by atoms with Gasteiger partial charge in [0.1, 0.15) is 0 Å². The Hall–Kier alpha value is 0.543. The van der Waals surface area contributed by atoms with Crippen molar-refractivity contribution in [1.82, 2.24) is 0 Å². The summed E-state index contributed by atoms with van der Waals surface area (Å²) in [5.41, 5.74) is 0.0902. The number of hydrogen-bond acceptors (Lipinski definition) is 0. The van der Waals surface area contributed by atoms with Crippen molar-refractivity contribution < 1.29 is 19.5 Å². The normalized spacial score (nSPS) is 14.4. The van der Waals surface area contributed by atoms with Gasteiger partial charge in [-0.05, 0) is 0 Å². The van der Waals surface area contributed by atoms with E-state index in [0.29, 0.717) is 12.1 Å². The summed E-state index contributed by atoms with van der Waals surface area (Å²) < 4.78 is 0. The minimum absolute atomic E-state index is 0. The van der Waals surface area contributed by atoms with Crippen LogP contribution in [-0.2, 0) is 19.5 Å². The monoisotopic (exact) mass is 263 g/mol. The van der Waals surface area contributed by atoms with Crippen LogP contribution in [0.3, 0.4) is 0 Å². The van der Waals surface area contributed by atoms with Gasteiger partial charge in [0.05, 0.1) is 0 Å². The van der Waals surface area contributed by atoms with Crippen LogP contribution in [0.25, 0.3) is 10.6 Å². The summed E-state index contributed by atoms with van der Waals surface area (Å²) in [6.45, 7) is 15.7. The average Bonchev–Trinajstić information content (AvgIpc) is 2.04. The van der Waals surface area contributed by atoms with Gasteiger partial charge in [-0.1, -0.05) is 41.0 Å². The van der Waals surface area contributed by atoms with Crippen molar-refractivity contribution in [2.45, 2.75) is 65.6 Å². The van der Waals surface area contributed by atoms with Gasteiger partial charge in [-0.2, -0.15) is 14.0 Å². The van der Waals surface area contributed by atoms with Crippen LogP contribution in [0.2, 0.25) is 0 Å². The molecule has 0 fully saturated rings. The molecule has 15 heavy (non-hydrogen) atoms. The Balaban J connectivity index is -0.000000449. The summed E-state index contributed by atoms with van der Waals surface area (Å²) in [4.78, 5) is 0. The van der Waals surface area contributed by atoms with Gasteiger partial charge in [0.25, 0.3) is 0 Å². The molecule has 3 heteroatoms. The summed E-state index contributed by atoms with van der Waals surface area (Å²) in [5.74, 6) is 0. The summed E-state index contributed by atoms with van der Waals surface area (Å²) >= 11 is 0. The molecule has 0 aliphatic carbocycles. The molecule has 0 radical (unpaired) electrons. The first-order valence-corrected chi connectivity index (χ1v) is 5.37. The van der Waals surface area contributed by atoms with Gasteiger partial charge >= 0.3 is 0 Å². The van der Waals surface area contributed by atoms with E-state index in [9.17, 15) is 0 Å². The maximum atomic E-state index is 4.64. The third kappa shape index (κ3) is 17.2. The fraction of sp³-hybridized carbons (Fsp3) is 0.917. The third-order valence-corrected chi connectivity index (χ3v) is 1.73. The predicted octanol–water partition coefficient (Wildman–Crippen LogP) is 4.17. The molecule has 0 aliphatic heterocycles. The Bertz CT molecular complexity index is 121. The Morgan fingerprint density at radius 3 is 1.73 bits per heavy atom. The van der Waals surface area contributed by atoms with Crippen LogP contribution in [0.5, 0.6) is 0 Å². The van der Waals surface area contributed by atoms with Crippen LogP contribution in [0, 0.1) is 6.92 Å². The first kappa shape index (κ1) is 20.9. The molecule has 0 aliphatic rings. The molecule has 0 heterocycles. The number of hydrogen-bond donors (Lipinski definition) is 0. The molecule has 0 aromatic rings. The smallest absolute Gasteiger partial charge is 0 e. The van der Waals surface area contributed by atoms with Crippen LogP contribution < -0.4 is 0 Å². The van der Waals surface area contributed by atoms with E-state index < -0.39 is 0 Å². The molecule has 90 valence electrons. The molecule has 2 atom stereocenters. The Kier molecular flexibility index (Phi) is 15.4. The van der Waals surface area contributed by atoms with Crippen molar-refractivity contribution >= 4 is 0 Å². The van der Waals surface area contributed by atoms with Crippen molar-refractivity contribution in [3.8, 4) is 0 Å². The summed E-state index contributed by atoms with van der Waals surface area (Å²) in [7, 11) is 1.87. The molecule has 0 saturated heterocycles. The SMILES string of the molecule is C[N-]C(C)CC(C)[N-]C(C)(C)C.[CH2-]C.[Zn]. The summed E-state index contributed by atoms with van der Waals surface area (Å²) in [6, 6.07) is 0.856. The first-order valence-electron chi connectivity index (χ1n) is 5.37. The predicted molar refractivity (Wildman–Crippen MR) is 67.0 cm³/mol. The summed E-state index contributed by atoms with van der Waals surface area (Å²) in [6.07, 6.45) is 1.06. The van der Waals surface area contributed by atoms with Gasteiger partial charge in [-0.3, -0.25) is 0 Å². The Morgan fingerprint density at radius 1 is 1.07 bits per heavy atom. The maximum Gasteiger partial charge on any atom is 0 e. The van der Waals surface area contributed by atoms with Crippen LogP contribution in [0.15, 0.2) is 0 Å². The van der Waals surface area contributed by atoms with E-state index in [4.69, 9.17) is 0 Å². The molecule has 0 amide bonds. The van der Waals surface area contributed by atoms with E-state index in [2.05, 4.69) is 52.2 Å². The molecule has 0 bridgehead atoms. The zero-order chi connectivity index (χ0) is 11.8. The quantitative estimate of drug-likeness (QED) is 0.539. The Labute approximate surface area is 110 Å². The fourth-order valence-electron chi connectivity index (χ4n) is 1.31. The average molecular weight is 265 g/mol. The standard InChI is InChI=1S/C10H22N2.C2H5.Zn/c1-8(11-6)7-9(2)12-10(3,4)5;1-2;/h8-9H,7H2,1-6H3;1H2,2H3;/q-2;-1;. The molecule has 0 rings (SSSR count). The molecular formula is C12H27N2Zn-3. The minimum Gasteiger partial charge on any atom is -0.663 e. The van der Waals surface area contributed by atoms with E-state index in [-0.39, 0.29) is 25.0 Å². The van der Waals surface area contributed by atoms with E-state index in [1.54, 1.807) is 6.92 Å². The van der Waals surface area contributed by atoms with Crippen molar-refractivity contribution in [2.75, 3.05) is 7.05 Å². The zero-order valence-corrected chi connectivity index (χ0v) is 14.6. The molecule has 0 aromatic carbocycles. The van der Waals surface area contributed by atoms with Crippen molar-refractivity contribution in [3.05, 3.63) is 17.6 Å². The van der Waals surface area contributed by atoms with E-state index in [0.717, 1.165) is 6.42 Å². The number of nitrogens with zero attached hydrogens (tertiary/aromatic N) is 2. The van der Waals surface area contributed by atoms with Gasteiger partial charge < -0.3 is 17.6 Å². The molecule has 0 N–H and O–H groups in total. The van der Waals surface area contributed by atoms with E-state index >= 15 is 0 Å². The second-order valence-electron chi connectivity index (χ2n) is 4.49. The van der Waals surface area contributed by atoms with E-state index in [1.807, 2.05) is 7.05 Å². The van der Waals surface area contributed by atoms with Crippen LogP contribution in [0.1, 0.15) is 48.0 Å². The summed E-state index contributed by atoms with van der Waals surface area (Å²) in [5, 5.41) is 8.84. The second kappa shape index (κ2) is 11.0. The second-order valence-corrected chi connectivity index (χ2v) is 4.49. The van der Waals surface area contributed by atoms with E-state index in [1.165, 1.54) is 0 Å². The molecule has 2 nitrogen and oxygen atoms in total. The van der Waals surface area contributed by atoms with Gasteiger partial charge in [-0.15, -0.1) is 17.6 Å². The molecule has 0 aromatic heterocycles. The maximum absolute atomic E-state index is 4.64. The topological polar surface area (TPSA) is 28.2 Å². The van der Waals surface area contributed by atoms with Crippen molar-refractivity contribution in [2.24, 2.45) is 0 Å². The molecular weight excluding hydrogens is 238 g/mol. The molecule has 2 unspecified atom stereocenters. The Morgan fingerprint density at radius 2 is 1.47 bits per heavy atom. The third-order valence-electron chi connectivity index (χ3n) is 1.73. The van der Waals surface area contributed by atoms with Crippen LogP contribution in [0.4, 0.5) is 0 Å². The van der Waals surface area contributed by atoms with Crippen LogP contribution >= 0.6 is 0 Å². The zero-order valence-electron chi connectivity index (χ0n) is 11.7. The first-order chi connectivity index (χ1) is 6.35. The van der Waals surface area contributed by atoms with Gasteiger partial charge in [0.2, 0.25) is 0 Å². The van der Waals surface area contributed by atoms with Crippen molar-refractivity contribution in [1.29, 1.82) is 0 Å². The van der Waals surface area contributed by atoms with Gasteiger partial charge in [0.15, 0.2) is 0 Å². The molecule has 0 spiro atoms.